The lowest BCUT2D eigenvalue weighted by Gasteiger charge is -2.04. The Bertz CT molecular complexity index is 519. The van der Waals surface area contributed by atoms with Gasteiger partial charge in [-0.3, -0.25) is 20.8 Å². The Hall–Kier alpha value is -1.95. The summed E-state index contributed by atoms with van der Waals surface area (Å²) in [7, 11) is 0. The number of hydrogen-bond acceptors (Lipinski definition) is 9. The van der Waals surface area contributed by atoms with E-state index in [1.165, 1.54) is 11.8 Å². The lowest BCUT2D eigenvalue weighted by atomic mass is 10.7. The molecular weight excluding hydrogens is 318 g/mol. The van der Waals surface area contributed by atoms with Crippen LogP contribution in [0.4, 0.5) is 6.01 Å². The van der Waals surface area contributed by atoms with E-state index in [1.54, 1.807) is 18.0 Å². The lowest BCUT2D eigenvalue weighted by Crippen LogP contribution is -2.20. The normalized spacial score (nSPS) is 11.2. The smallest absolute Gasteiger partial charge is 0.328 e. The number of anilines is 1. The van der Waals surface area contributed by atoms with Gasteiger partial charge in [-0.15, -0.1) is 11.8 Å². The van der Waals surface area contributed by atoms with Gasteiger partial charge in [0.1, 0.15) is 5.03 Å². The molecule has 0 saturated heterocycles. The average Bonchev–Trinajstić information content (AvgIpc) is 2.83. The molecular formula is C9H15N7O3S2. The molecule has 0 saturated carbocycles. The molecule has 0 aliphatic carbocycles. The van der Waals surface area contributed by atoms with Crippen LogP contribution in [0.5, 0.6) is 0 Å². The van der Waals surface area contributed by atoms with E-state index in [9.17, 15) is 10.1 Å². The van der Waals surface area contributed by atoms with Gasteiger partial charge in [-0.1, -0.05) is 5.16 Å². The van der Waals surface area contributed by atoms with Crippen LogP contribution in [-0.2, 0) is 5.75 Å². The molecule has 1 heterocycles. The van der Waals surface area contributed by atoms with E-state index < -0.39 is 4.92 Å². The summed E-state index contributed by atoms with van der Waals surface area (Å²) in [6, 6.07) is 0.0785. The lowest BCUT2D eigenvalue weighted by molar-refractivity contribution is -0.403. The zero-order valence-electron chi connectivity index (χ0n) is 11.2. The second-order valence-corrected chi connectivity index (χ2v) is 5.47. The van der Waals surface area contributed by atoms with Crippen LogP contribution < -0.4 is 16.4 Å². The molecule has 0 fully saturated rings. The highest BCUT2D eigenvalue weighted by Gasteiger charge is 2.06. The molecule has 0 bridgehead atoms. The molecule has 1 aromatic heterocycles. The van der Waals surface area contributed by atoms with E-state index >= 15 is 0 Å². The number of nitrogens with one attached hydrogen (secondary N) is 3. The summed E-state index contributed by atoms with van der Waals surface area (Å²) in [5.41, 5.74) is 5.13. The Morgan fingerprint density at radius 1 is 1.67 bits per heavy atom. The van der Waals surface area contributed by atoms with E-state index in [1.807, 2.05) is 0 Å². The fraction of sp³-hybridized carbons (Fsp3) is 0.444. The summed E-state index contributed by atoms with van der Waals surface area (Å²) in [6.07, 6.45) is 2.70. The predicted molar refractivity (Wildman–Crippen MR) is 82.6 cm³/mol. The second kappa shape index (κ2) is 9.07. The molecule has 0 aliphatic rings. The maximum atomic E-state index is 10.3. The monoisotopic (exact) mass is 333 g/mol. The van der Waals surface area contributed by atoms with Crippen molar-refractivity contribution in [3.63, 3.8) is 0 Å². The number of rotatable bonds is 9. The minimum atomic E-state index is -0.491. The van der Waals surface area contributed by atoms with Crippen molar-refractivity contribution >= 4 is 35.5 Å². The number of aromatic nitrogens is 2. The van der Waals surface area contributed by atoms with Crippen LogP contribution in [0.3, 0.4) is 0 Å². The molecule has 0 amide bonds. The van der Waals surface area contributed by atoms with Gasteiger partial charge in [0, 0.05) is 12.3 Å². The van der Waals surface area contributed by atoms with Gasteiger partial charge >= 0.3 is 6.01 Å². The molecule has 0 unspecified atom stereocenters. The zero-order chi connectivity index (χ0) is 15.7. The third-order valence-corrected chi connectivity index (χ3v) is 3.57. The third kappa shape index (κ3) is 7.41. The fourth-order valence-electron chi connectivity index (χ4n) is 1.15. The number of guanidine groups is 1. The van der Waals surface area contributed by atoms with E-state index in [4.69, 9.17) is 15.7 Å². The van der Waals surface area contributed by atoms with Crippen LogP contribution in [0.2, 0.25) is 0 Å². The first kappa shape index (κ1) is 17.1. The quantitative estimate of drug-likeness (QED) is 0.166. The van der Waals surface area contributed by atoms with Gasteiger partial charge < -0.3 is 15.6 Å². The molecule has 1 rings (SSSR count). The van der Waals surface area contributed by atoms with Crippen LogP contribution >= 0.6 is 23.5 Å². The number of nitrogens with zero attached hydrogens (tertiary/aromatic N) is 3. The van der Waals surface area contributed by atoms with Crippen LogP contribution in [0.25, 0.3) is 0 Å². The Balaban J connectivity index is 2.23. The van der Waals surface area contributed by atoms with Crippen LogP contribution in [0.15, 0.2) is 15.8 Å². The Kier molecular flexibility index (Phi) is 7.39. The van der Waals surface area contributed by atoms with Crippen molar-refractivity contribution in [1.82, 2.24) is 15.5 Å². The summed E-state index contributed by atoms with van der Waals surface area (Å²) in [5.74, 6) is 1.46. The highest BCUT2D eigenvalue weighted by atomic mass is 32.2. The number of nitrogens with two attached hydrogens (primary N) is 1. The molecule has 10 nitrogen and oxygen atoms in total. The van der Waals surface area contributed by atoms with Gasteiger partial charge in [0.15, 0.2) is 11.8 Å². The molecule has 0 aliphatic heterocycles. The van der Waals surface area contributed by atoms with E-state index in [0.29, 0.717) is 23.2 Å². The van der Waals surface area contributed by atoms with E-state index in [2.05, 4.69) is 20.8 Å². The van der Waals surface area contributed by atoms with Gasteiger partial charge in [-0.25, -0.2) is 0 Å². The largest absolute Gasteiger partial charge is 0.374 e. The van der Waals surface area contributed by atoms with E-state index in [0.717, 1.165) is 12.0 Å². The number of thioether (sulfide) groups is 2. The SMILES string of the molecule is CS/C(=C\[N+](=O)[O-])NCCSCc1noc(NC(=N)N)n1. The van der Waals surface area contributed by atoms with Gasteiger partial charge in [-0.05, 0) is 6.26 Å². The minimum absolute atomic E-state index is 0.0785. The first-order valence-corrected chi connectivity index (χ1v) is 8.03. The van der Waals surface area contributed by atoms with Crippen molar-refractivity contribution in [2.24, 2.45) is 5.73 Å². The number of nitro groups is 1. The third-order valence-electron chi connectivity index (χ3n) is 1.93. The maximum Gasteiger partial charge on any atom is 0.328 e. The van der Waals surface area contributed by atoms with E-state index in [-0.39, 0.29) is 12.0 Å². The standard InChI is InChI=1S/C9H15N7O3S2/c1-20-7(4-16(17)18)12-2-3-21-5-6-13-9(19-15-6)14-8(10)11/h4,12H,2-3,5H2,1H3,(H4,10,11,13,14,15)/b7-4-. The van der Waals surface area contributed by atoms with Gasteiger partial charge in [0.25, 0.3) is 6.20 Å². The van der Waals surface area contributed by atoms with Gasteiger partial charge in [0.05, 0.1) is 10.7 Å². The highest BCUT2D eigenvalue weighted by molar-refractivity contribution is 8.02. The van der Waals surface area contributed by atoms with Crippen molar-refractivity contribution in [3.05, 3.63) is 27.2 Å². The van der Waals surface area contributed by atoms with Crippen LogP contribution in [0.1, 0.15) is 5.82 Å². The molecule has 0 radical (unpaired) electrons. The average molecular weight is 333 g/mol. The second-order valence-electron chi connectivity index (χ2n) is 3.52. The molecule has 0 atom stereocenters. The van der Waals surface area contributed by atoms with Crippen molar-refractivity contribution in [3.8, 4) is 0 Å². The topological polar surface area (TPSA) is 156 Å². The van der Waals surface area contributed by atoms with Crippen molar-refractivity contribution in [2.75, 3.05) is 23.9 Å². The first-order chi connectivity index (χ1) is 10.0. The van der Waals surface area contributed by atoms with Crippen molar-refractivity contribution in [2.45, 2.75) is 5.75 Å². The Labute approximate surface area is 129 Å². The Morgan fingerprint density at radius 3 is 3.05 bits per heavy atom. The number of hydrogen-bond donors (Lipinski definition) is 4. The predicted octanol–water partition coefficient (Wildman–Crippen LogP) is 0.636. The molecule has 116 valence electrons. The summed E-state index contributed by atoms with van der Waals surface area (Å²) in [4.78, 5) is 13.8. The Morgan fingerprint density at radius 2 is 2.43 bits per heavy atom. The molecule has 12 heteroatoms. The van der Waals surface area contributed by atoms with Crippen molar-refractivity contribution in [1.29, 1.82) is 5.41 Å². The molecule has 0 aromatic carbocycles. The highest BCUT2D eigenvalue weighted by Crippen LogP contribution is 2.12. The molecule has 21 heavy (non-hydrogen) atoms. The molecule has 5 N–H and O–H groups in total. The zero-order valence-corrected chi connectivity index (χ0v) is 12.8. The summed E-state index contributed by atoms with van der Waals surface area (Å²) in [5, 5.41) is 26.9. The van der Waals surface area contributed by atoms with Crippen LogP contribution in [-0.4, -0.2) is 39.6 Å². The van der Waals surface area contributed by atoms with Gasteiger partial charge in [0.2, 0.25) is 0 Å². The molecule has 0 spiro atoms. The summed E-state index contributed by atoms with van der Waals surface area (Å²) >= 11 is 2.82. The first-order valence-electron chi connectivity index (χ1n) is 5.66. The summed E-state index contributed by atoms with van der Waals surface area (Å²) < 4.78 is 4.82. The van der Waals surface area contributed by atoms with Crippen LogP contribution in [0, 0.1) is 15.5 Å². The maximum absolute atomic E-state index is 10.3. The minimum Gasteiger partial charge on any atom is -0.374 e. The summed E-state index contributed by atoms with van der Waals surface area (Å²) in [6.45, 7) is 0.585. The van der Waals surface area contributed by atoms with Gasteiger partial charge in [-0.2, -0.15) is 16.7 Å². The molecule has 1 aromatic rings. The van der Waals surface area contributed by atoms with Crippen molar-refractivity contribution < 1.29 is 9.45 Å². The fourth-order valence-corrected chi connectivity index (χ4v) is 2.28.